The van der Waals surface area contributed by atoms with Crippen LogP contribution in [0.2, 0.25) is 5.02 Å². The maximum absolute atomic E-state index is 12.1. The average Bonchev–Trinajstić information content (AvgIpc) is 2.71. The lowest BCUT2D eigenvalue weighted by molar-refractivity contribution is -0.147. The van der Waals surface area contributed by atoms with Gasteiger partial charge in [0.2, 0.25) is 0 Å². The van der Waals surface area contributed by atoms with Crippen molar-refractivity contribution in [1.82, 2.24) is 0 Å². The molecule has 0 saturated heterocycles. The summed E-state index contributed by atoms with van der Waals surface area (Å²) >= 11 is 9.39. The van der Waals surface area contributed by atoms with Gasteiger partial charge in [0.15, 0.2) is 6.61 Å². The lowest BCUT2D eigenvalue weighted by Gasteiger charge is -2.10. The topological polar surface area (TPSA) is 64.6 Å². The number of esters is 1. The molecular weight excluding hydrogens is 458 g/mol. The van der Waals surface area contributed by atoms with Gasteiger partial charge in [0.1, 0.15) is 5.75 Å². The van der Waals surface area contributed by atoms with Crippen LogP contribution in [-0.2, 0) is 14.3 Å². The quantitative estimate of drug-likeness (QED) is 0.340. The molecule has 0 aliphatic carbocycles. The van der Waals surface area contributed by atoms with Crippen LogP contribution in [0, 0.1) is 0 Å². The number of fused-ring (bicyclic) bond motifs is 1. The van der Waals surface area contributed by atoms with Gasteiger partial charge in [0.25, 0.3) is 5.91 Å². The summed E-state index contributed by atoms with van der Waals surface area (Å²) in [7, 11) is 0. The van der Waals surface area contributed by atoms with Crippen molar-refractivity contribution < 1.29 is 19.1 Å². The molecule has 0 atom stereocenters. The number of ether oxygens (including phenoxy) is 2. The van der Waals surface area contributed by atoms with Gasteiger partial charge in [-0.3, -0.25) is 9.59 Å². The molecule has 0 aliphatic heterocycles. The summed E-state index contributed by atoms with van der Waals surface area (Å²) in [6, 6.07) is 18.7. The Balaban J connectivity index is 1.39. The molecule has 1 N–H and O–H groups in total. The number of carbonyl (C=O) groups excluding carboxylic acids is 2. The molecule has 0 saturated carbocycles. The average molecular weight is 477 g/mol. The second-order valence-electron chi connectivity index (χ2n) is 6.26. The smallest absolute Gasteiger partial charge is 0.306 e. The first kappa shape index (κ1) is 21.1. The van der Waals surface area contributed by atoms with Crippen molar-refractivity contribution >= 4 is 55.9 Å². The van der Waals surface area contributed by atoms with E-state index in [0.717, 1.165) is 15.2 Å². The van der Waals surface area contributed by atoms with E-state index in [2.05, 4.69) is 21.2 Å². The molecule has 0 radical (unpaired) electrons. The van der Waals surface area contributed by atoms with E-state index in [-0.39, 0.29) is 18.9 Å². The Kier molecular flexibility index (Phi) is 7.49. The summed E-state index contributed by atoms with van der Waals surface area (Å²) in [5.74, 6) is -0.283. The van der Waals surface area contributed by atoms with Crippen LogP contribution in [0.3, 0.4) is 0 Å². The first-order chi connectivity index (χ1) is 14.0. The van der Waals surface area contributed by atoms with Gasteiger partial charge in [-0.15, -0.1) is 0 Å². The summed E-state index contributed by atoms with van der Waals surface area (Å²) < 4.78 is 11.5. The standard InChI is InChI=1S/C22H19BrClNO4/c23-16-10-11-20(18(24)13-16)28-12-4-9-22(27)29-14-21(26)25-19-8-3-6-15-5-1-2-7-17(15)19/h1-3,5-8,10-11,13H,4,9,12,14H2,(H,25,26). The van der Waals surface area contributed by atoms with Crippen LogP contribution in [0.4, 0.5) is 5.69 Å². The molecule has 150 valence electrons. The zero-order valence-electron chi connectivity index (χ0n) is 15.5. The van der Waals surface area contributed by atoms with Crippen molar-refractivity contribution in [3.8, 4) is 5.75 Å². The van der Waals surface area contributed by atoms with Gasteiger partial charge < -0.3 is 14.8 Å². The van der Waals surface area contributed by atoms with Crippen molar-refractivity contribution in [3.05, 3.63) is 70.2 Å². The number of anilines is 1. The van der Waals surface area contributed by atoms with Gasteiger partial charge in [-0.2, -0.15) is 0 Å². The van der Waals surface area contributed by atoms with E-state index in [1.54, 1.807) is 12.1 Å². The van der Waals surface area contributed by atoms with Crippen molar-refractivity contribution in [2.45, 2.75) is 12.8 Å². The highest BCUT2D eigenvalue weighted by atomic mass is 79.9. The van der Waals surface area contributed by atoms with E-state index in [1.165, 1.54) is 0 Å². The van der Waals surface area contributed by atoms with Gasteiger partial charge in [-0.25, -0.2) is 0 Å². The van der Waals surface area contributed by atoms with E-state index < -0.39 is 5.97 Å². The van der Waals surface area contributed by atoms with Crippen LogP contribution in [0.15, 0.2) is 65.1 Å². The maximum Gasteiger partial charge on any atom is 0.306 e. The van der Waals surface area contributed by atoms with Crippen molar-refractivity contribution in [1.29, 1.82) is 0 Å². The summed E-state index contributed by atoms with van der Waals surface area (Å²) in [5, 5.41) is 5.22. The monoisotopic (exact) mass is 475 g/mol. The zero-order valence-corrected chi connectivity index (χ0v) is 17.8. The summed E-state index contributed by atoms with van der Waals surface area (Å²) in [5.41, 5.74) is 0.684. The minimum Gasteiger partial charge on any atom is -0.492 e. The molecule has 0 spiro atoms. The number of halogens is 2. The number of nitrogens with one attached hydrogen (secondary N) is 1. The van der Waals surface area contributed by atoms with Gasteiger partial charge in [0.05, 0.1) is 11.6 Å². The third kappa shape index (κ3) is 6.21. The Morgan fingerprint density at radius 2 is 1.83 bits per heavy atom. The highest BCUT2D eigenvalue weighted by molar-refractivity contribution is 9.10. The molecule has 29 heavy (non-hydrogen) atoms. The molecule has 0 aromatic heterocycles. The van der Waals surface area contributed by atoms with Crippen LogP contribution in [0.25, 0.3) is 10.8 Å². The molecular formula is C22H19BrClNO4. The number of benzene rings is 3. The molecule has 0 aliphatic rings. The van der Waals surface area contributed by atoms with Gasteiger partial charge in [-0.1, -0.05) is 63.9 Å². The van der Waals surface area contributed by atoms with Crippen LogP contribution in [0.1, 0.15) is 12.8 Å². The second kappa shape index (κ2) is 10.3. The Hall–Kier alpha value is -2.57. The van der Waals surface area contributed by atoms with Crippen LogP contribution in [0.5, 0.6) is 5.75 Å². The molecule has 3 rings (SSSR count). The zero-order chi connectivity index (χ0) is 20.6. The van der Waals surface area contributed by atoms with E-state index in [1.807, 2.05) is 48.5 Å². The Labute approximate surface area is 182 Å². The molecule has 0 bridgehead atoms. The largest absolute Gasteiger partial charge is 0.492 e. The predicted octanol–water partition coefficient (Wildman–Crippen LogP) is 5.60. The Morgan fingerprint density at radius 1 is 1.03 bits per heavy atom. The van der Waals surface area contributed by atoms with E-state index >= 15 is 0 Å². The number of carbonyl (C=O) groups is 2. The van der Waals surface area contributed by atoms with Crippen molar-refractivity contribution in [2.75, 3.05) is 18.5 Å². The Morgan fingerprint density at radius 3 is 2.66 bits per heavy atom. The normalized spacial score (nSPS) is 10.6. The van der Waals surface area contributed by atoms with E-state index in [4.69, 9.17) is 21.1 Å². The first-order valence-electron chi connectivity index (χ1n) is 9.04. The second-order valence-corrected chi connectivity index (χ2v) is 7.59. The van der Waals surface area contributed by atoms with Gasteiger partial charge in [-0.05, 0) is 36.1 Å². The first-order valence-corrected chi connectivity index (χ1v) is 10.2. The predicted molar refractivity (Wildman–Crippen MR) is 117 cm³/mol. The number of amides is 1. The molecule has 3 aromatic rings. The fraction of sp³-hybridized carbons (Fsp3) is 0.182. The maximum atomic E-state index is 12.1. The molecule has 5 nitrogen and oxygen atoms in total. The lowest BCUT2D eigenvalue weighted by atomic mass is 10.1. The highest BCUT2D eigenvalue weighted by Crippen LogP contribution is 2.27. The molecule has 7 heteroatoms. The molecule has 0 heterocycles. The number of hydrogen-bond donors (Lipinski definition) is 1. The third-order valence-electron chi connectivity index (χ3n) is 4.10. The molecule has 1 amide bonds. The minimum absolute atomic E-state index is 0.149. The number of hydrogen-bond acceptors (Lipinski definition) is 4. The van der Waals surface area contributed by atoms with Crippen LogP contribution >= 0.6 is 27.5 Å². The molecule has 3 aromatic carbocycles. The van der Waals surface area contributed by atoms with Crippen LogP contribution < -0.4 is 10.1 Å². The molecule has 0 unspecified atom stereocenters. The fourth-order valence-electron chi connectivity index (χ4n) is 2.73. The molecule has 0 fully saturated rings. The fourth-order valence-corrected chi connectivity index (χ4v) is 3.46. The van der Waals surface area contributed by atoms with Crippen molar-refractivity contribution in [3.63, 3.8) is 0 Å². The third-order valence-corrected chi connectivity index (χ3v) is 4.89. The highest BCUT2D eigenvalue weighted by Gasteiger charge is 2.10. The number of rotatable bonds is 8. The minimum atomic E-state index is -0.455. The van der Waals surface area contributed by atoms with E-state index in [9.17, 15) is 9.59 Å². The van der Waals surface area contributed by atoms with Crippen LogP contribution in [-0.4, -0.2) is 25.1 Å². The van der Waals surface area contributed by atoms with E-state index in [0.29, 0.717) is 29.5 Å². The summed E-state index contributed by atoms with van der Waals surface area (Å²) in [6.07, 6.45) is 0.603. The summed E-state index contributed by atoms with van der Waals surface area (Å²) in [6.45, 7) is -0.0138. The summed E-state index contributed by atoms with van der Waals surface area (Å²) in [4.78, 5) is 24.0. The SMILES string of the molecule is O=C(COC(=O)CCCOc1ccc(Br)cc1Cl)Nc1cccc2ccccc12. The lowest BCUT2D eigenvalue weighted by Crippen LogP contribution is -2.21. The van der Waals surface area contributed by atoms with Gasteiger partial charge in [0, 0.05) is 22.0 Å². The Bertz CT molecular complexity index is 1020. The van der Waals surface area contributed by atoms with Gasteiger partial charge >= 0.3 is 5.97 Å². The van der Waals surface area contributed by atoms with Crippen molar-refractivity contribution in [2.24, 2.45) is 0 Å².